The molecule has 1 aliphatic heterocycles. The molecule has 0 aromatic carbocycles. The van der Waals surface area contributed by atoms with Gasteiger partial charge in [0.15, 0.2) is 4.84 Å². The van der Waals surface area contributed by atoms with Gasteiger partial charge in [0.2, 0.25) is 5.91 Å². The van der Waals surface area contributed by atoms with Crippen molar-refractivity contribution in [3.63, 3.8) is 0 Å². The summed E-state index contributed by atoms with van der Waals surface area (Å²) in [4.78, 5) is 32.6. The molecule has 2 amide bonds. The summed E-state index contributed by atoms with van der Waals surface area (Å²) in [5.74, 6) is -2.36. The molecule has 1 heterocycles. The lowest BCUT2D eigenvalue weighted by molar-refractivity contribution is -0.156. The van der Waals surface area contributed by atoms with Gasteiger partial charge in [-0.2, -0.15) is 0 Å². The normalized spacial score (nSPS) is 20.6. The number of ether oxygens (including phenoxy) is 1. The first-order valence-corrected chi connectivity index (χ1v) is 5.29. The highest BCUT2D eigenvalue weighted by Crippen LogP contribution is 2.15. The first kappa shape index (κ1) is 13.1. The second-order valence-electron chi connectivity index (χ2n) is 3.21. The van der Waals surface area contributed by atoms with Crippen molar-refractivity contribution in [1.82, 2.24) is 10.4 Å². The summed E-state index contributed by atoms with van der Waals surface area (Å²) < 4.78 is 4.50. The molecule has 1 unspecified atom stereocenters. The lowest BCUT2D eigenvalue weighted by Crippen LogP contribution is -2.56. The number of halogens is 2. The predicted molar refractivity (Wildman–Crippen MR) is 55.5 cm³/mol. The maximum Gasteiger partial charge on any atom is 0.311 e. The van der Waals surface area contributed by atoms with Crippen LogP contribution in [0, 0.1) is 5.92 Å². The molecule has 1 fully saturated rings. The summed E-state index contributed by atoms with van der Waals surface area (Å²) in [5, 5.41) is 0.929. The highest BCUT2D eigenvalue weighted by molar-refractivity contribution is 6.53. The summed E-state index contributed by atoms with van der Waals surface area (Å²) in [5.41, 5.74) is 2.27. The molecule has 6 nitrogen and oxygen atoms in total. The third kappa shape index (κ3) is 2.99. The Balaban J connectivity index is 2.71. The molecule has 0 aromatic heterocycles. The molecule has 0 spiro atoms. The number of nitrogens with zero attached hydrogens (tertiary/aromatic N) is 1. The molecule has 1 aliphatic rings. The van der Waals surface area contributed by atoms with E-state index in [1.807, 2.05) is 0 Å². The van der Waals surface area contributed by atoms with Crippen molar-refractivity contribution in [3.05, 3.63) is 0 Å². The van der Waals surface area contributed by atoms with Crippen molar-refractivity contribution < 1.29 is 19.1 Å². The Morgan fingerprint density at radius 1 is 1.56 bits per heavy atom. The number of amides is 2. The van der Waals surface area contributed by atoms with Gasteiger partial charge in [-0.25, -0.2) is 0 Å². The van der Waals surface area contributed by atoms with Gasteiger partial charge in [0.25, 0.3) is 5.91 Å². The van der Waals surface area contributed by atoms with Gasteiger partial charge in [-0.3, -0.25) is 24.8 Å². The van der Waals surface area contributed by atoms with E-state index in [0.717, 1.165) is 5.01 Å². The van der Waals surface area contributed by atoms with Gasteiger partial charge in [0.1, 0.15) is 0 Å². The molecular weight excluding hydrogens is 259 g/mol. The average Bonchev–Trinajstić information content (AvgIpc) is 2.25. The predicted octanol–water partition coefficient (Wildman–Crippen LogP) is -0.157. The monoisotopic (exact) mass is 268 g/mol. The van der Waals surface area contributed by atoms with Crippen LogP contribution >= 0.6 is 23.2 Å². The number of methoxy groups -OCH3 is 1. The van der Waals surface area contributed by atoms with E-state index in [9.17, 15) is 14.4 Å². The fraction of sp³-hybridized carbons (Fsp3) is 0.625. The molecule has 1 rings (SSSR count). The molecule has 1 saturated heterocycles. The van der Waals surface area contributed by atoms with E-state index in [0.29, 0.717) is 0 Å². The lowest BCUT2D eigenvalue weighted by atomic mass is 10.0. The zero-order valence-electron chi connectivity index (χ0n) is 8.41. The van der Waals surface area contributed by atoms with Crippen LogP contribution in [0.25, 0.3) is 0 Å². The lowest BCUT2D eigenvalue weighted by Gasteiger charge is -2.31. The zero-order valence-corrected chi connectivity index (χ0v) is 9.92. The first-order valence-electron chi connectivity index (χ1n) is 4.42. The summed E-state index contributed by atoms with van der Waals surface area (Å²) in [6.45, 7) is 0.00713. The Bertz CT molecular complexity index is 321. The molecule has 0 aliphatic carbocycles. The zero-order chi connectivity index (χ0) is 12.3. The van der Waals surface area contributed by atoms with E-state index in [1.165, 1.54) is 7.11 Å². The number of esters is 1. The summed E-state index contributed by atoms with van der Waals surface area (Å²) >= 11 is 10.8. The molecule has 90 valence electrons. The number of hydrazine groups is 1. The molecule has 0 aromatic rings. The molecule has 16 heavy (non-hydrogen) atoms. The largest absolute Gasteiger partial charge is 0.469 e. The van der Waals surface area contributed by atoms with Gasteiger partial charge in [-0.1, -0.05) is 23.2 Å². The summed E-state index contributed by atoms with van der Waals surface area (Å²) in [6.07, 6.45) is -0.0221. The fourth-order valence-electron chi connectivity index (χ4n) is 1.34. The van der Waals surface area contributed by atoms with Crippen molar-refractivity contribution in [2.24, 2.45) is 5.92 Å². The van der Waals surface area contributed by atoms with Gasteiger partial charge in [0, 0.05) is 6.42 Å². The minimum Gasteiger partial charge on any atom is -0.469 e. The first-order chi connectivity index (χ1) is 7.45. The third-order valence-corrected chi connectivity index (χ3v) is 2.45. The van der Waals surface area contributed by atoms with E-state index in [-0.39, 0.29) is 13.0 Å². The van der Waals surface area contributed by atoms with Crippen molar-refractivity contribution in [2.75, 3.05) is 13.7 Å². The Kier molecular flexibility index (Phi) is 4.37. The molecule has 1 atom stereocenters. The smallest absolute Gasteiger partial charge is 0.311 e. The summed E-state index contributed by atoms with van der Waals surface area (Å²) in [6, 6.07) is 0. The Morgan fingerprint density at radius 2 is 2.19 bits per heavy atom. The van der Waals surface area contributed by atoms with Gasteiger partial charge in [0.05, 0.1) is 19.6 Å². The minimum atomic E-state index is -1.28. The highest BCUT2D eigenvalue weighted by atomic mass is 35.5. The number of alkyl halides is 2. The van der Waals surface area contributed by atoms with Crippen molar-refractivity contribution in [2.45, 2.75) is 11.3 Å². The topological polar surface area (TPSA) is 75.7 Å². The molecule has 0 bridgehead atoms. The highest BCUT2D eigenvalue weighted by Gasteiger charge is 2.34. The van der Waals surface area contributed by atoms with Crippen LogP contribution in [0.5, 0.6) is 0 Å². The van der Waals surface area contributed by atoms with Gasteiger partial charge >= 0.3 is 5.97 Å². The van der Waals surface area contributed by atoms with Crippen LogP contribution in [0.4, 0.5) is 0 Å². The Hall–Kier alpha value is -1.01. The Labute approximate surface area is 102 Å². The molecule has 0 saturated carbocycles. The number of rotatable bonds is 2. The molecule has 1 N–H and O–H groups in total. The van der Waals surface area contributed by atoms with E-state index < -0.39 is 28.5 Å². The third-order valence-electron chi connectivity index (χ3n) is 2.08. The second-order valence-corrected chi connectivity index (χ2v) is 4.30. The van der Waals surface area contributed by atoms with Crippen molar-refractivity contribution in [3.8, 4) is 0 Å². The average molecular weight is 269 g/mol. The van der Waals surface area contributed by atoms with Crippen molar-refractivity contribution >= 4 is 41.0 Å². The number of hydrogen-bond acceptors (Lipinski definition) is 4. The Morgan fingerprint density at radius 3 is 2.69 bits per heavy atom. The summed E-state index contributed by atoms with van der Waals surface area (Å²) in [7, 11) is 1.22. The van der Waals surface area contributed by atoms with Crippen molar-refractivity contribution in [1.29, 1.82) is 0 Å². The van der Waals surface area contributed by atoms with Crippen LogP contribution in [0.15, 0.2) is 0 Å². The standard InChI is InChI=1S/C8H10Cl2N2O4/c1-16-8(15)4-2-5(13)11-12(3-4)7(14)6(9)10/h4,6H,2-3H2,1H3,(H,11,13). The van der Waals surface area contributed by atoms with E-state index in [4.69, 9.17) is 23.2 Å². The SMILES string of the molecule is COC(=O)C1CC(=O)NN(C(=O)C(Cl)Cl)C1. The van der Waals surface area contributed by atoms with Gasteiger partial charge in [-0.15, -0.1) is 0 Å². The van der Waals surface area contributed by atoms with E-state index >= 15 is 0 Å². The molecular formula is C8H10Cl2N2O4. The van der Waals surface area contributed by atoms with Crippen LogP contribution < -0.4 is 5.43 Å². The maximum absolute atomic E-state index is 11.4. The number of nitrogens with one attached hydrogen (secondary N) is 1. The quantitative estimate of drug-likeness (QED) is 0.558. The number of carbonyl (C=O) groups excluding carboxylic acids is 3. The van der Waals surface area contributed by atoms with Gasteiger partial charge < -0.3 is 4.74 Å². The van der Waals surface area contributed by atoms with E-state index in [2.05, 4.69) is 10.2 Å². The molecule has 8 heteroatoms. The second kappa shape index (κ2) is 5.36. The number of carbonyl (C=O) groups is 3. The van der Waals surface area contributed by atoms with Crippen LogP contribution in [0.3, 0.4) is 0 Å². The maximum atomic E-state index is 11.4. The van der Waals surface area contributed by atoms with Gasteiger partial charge in [-0.05, 0) is 0 Å². The van der Waals surface area contributed by atoms with E-state index in [1.54, 1.807) is 0 Å². The fourth-order valence-corrected chi connectivity index (χ4v) is 1.57. The van der Waals surface area contributed by atoms with Crippen LogP contribution in [0.2, 0.25) is 0 Å². The van der Waals surface area contributed by atoms with Crippen LogP contribution in [0.1, 0.15) is 6.42 Å². The van der Waals surface area contributed by atoms with Crippen LogP contribution in [-0.4, -0.2) is 41.3 Å². The minimum absolute atomic E-state index is 0.00713. The number of hydrogen-bond donors (Lipinski definition) is 1. The molecule has 0 radical (unpaired) electrons. The van der Waals surface area contributed by atoms with Crippen LogP contribution in [-0.2, 0) is 19.1 Å².